The third-order valence-electron chi connectivity index (χ3n) is 7.27. The average Bonchev–Trinajstić information content (AvgIpc) is 3.38. The van der Waals surface area contributed by atoms with Crippen LogP contribution < -0.4 is 5.32 Å². The number of aromatic hydroxyl groups is 1. The van der Waals surface area contributed by atoms with Crippen molar-refractivity contribution in [2.75, 3.05) is 25.0 Å². The molecule has 1 aromatic heterocycles. The van der Waals surface area contributed by atoms with E-state index in [-0.39, 0.29) is 35.0 Å². The molecule has 5 rings (SSSR count). The molecule has 1 atom stereocenters. The third kappa shape index (κ3) is 4.63. The predicted octanol–water partition coefficient (Wildman–Crippen LogP) is 3.73. The molecule has 0 spiro atoms. The summed E-state index contributed by atoms with van der Waals surface area (Å²) in [6, 6.07) is 14.0. The van der Waals surface area contributed by atoms with Gasteiger partial charge in [-0.05, 0) is 61.8 Å². The van der Waals surface area contributed by atoms with Gasteiger partial charge in [-0.15, -0.1) is 0 Å². The summed E-state index contributed by atoms with van der Waals surface area (Å²) >= 11 is 0. The molecule has 3 amide bonds. The molecule has 36 heavy (non-hydrogen) atoms. The molecule has 0 saturated carbocycles. The van der Waals surface area contributed by atoms with Crippen LogP contribution >= 0.6 is 0 Å². The van der Waals surface area contributed by atoms with E-state index < -0.39 is 6.04 Å². The van der Waals surface area contributed by atoms with Crippen molar-refractivity contribution < 1.29 is 19.5 Å². The fourth-order valence-corrected chi connectivity index (χ4v) is 5.25. The van der Waals surface area contributed by atoms with Crippen LogP contribution in [0.5, 0.6) is 5.75 Å². The smallest absolute Gasteiger partial charge is 0.258 e. The number of nitrogens with one attached hydrogen (secondary N) is 1. The van der Waals surface area contributed by atoms with E-state index in [2.05, 4.69) is 10.3 Å². The number of rotatable bonds is 4. The summed E-state index contributed by atoms with van der Waals surface area (Å²) in [6.07, 6.45) is 4.13. The number of pyridine rings is 1. The zero-order valence-corrected chi connectivity index (χ0v) is 20.3. The first-order valence-electron chi connectivity index (χ1n) is 12.5. The molecule has 8 heteroatoms. The van der Waals surface area contributed by atoms with E-state index >= 15 is 0 Å². The van der Waals surface area contributed by atoms with Gasteiger partial charge < -0.3 is 20.2 Å². The quantitative estimate of drug-likeness (QED) is 0.585. The van der Waals surface area contributed by atoms with Gasteiger partial charge >= 0.3 is 0 Å². The number of aromatic nitrogens is 1. The highest BCUT2D eigenvalue weighted by molar-refractivity contribution is 6.05. The number of nitrogens with zero attached hydrogens (tertiary/aromatic N) is 3. The number of amides is 3. The van der Waals surface area contributed by atoms with Crippen LogP contribution in [0.25, 0.3) is 10.8 Å². The summed E-state index contributed by atoms with van der Waals surface area (Å²) in [5.74, 6) is -0.187. The molecule has 0 aliphatic carbocycles. The van der Waals surface area contributed by atoms with E-state index in [4.69, 9.17) is 0 Å². The van der Waals surface area contributed by atoms with Gasteiger partial charge in [-0.1, -0.05) is 30.3 Å². The van der Waals surface area contributed by atoms with Crippen molar-refractivity contribution in [1.29, 1.82) is 0 Å². The molecular formula is C28H30N4O4. The Labute approximate surface area is 209 Å². The SMILES string of the molecule is Cc1ccnc(NC(=O)C2CCN(C(=O)[C@@H]3CCCN3C(=O)c3ccc4ccccc4c3O)CC2)c1. The van der Waals surface area contributed by atoms with Crippen molar-refractivity contribution in [3.05, 3.63) is 65.9 Å². The molecule has 8 nitrogen and oxygen atoms in total. The highest BCUT2D eigenvalue weighted by atomic mass is 16.3. The molecule has 0 radical (unpaired) electrons. The minimum absolute atomic E-state index is 0.0499. The van der Waals surface area contributed by atoms with Crippen molar-refractivity contribution in [3.63, 3.8) is 0 Å². The van der Waals surface area contributed by atoms with E-state index in [0.717, 1.165) is 17.4 Å². The van der Waals surface area contributed by atoms with E-state index in [1.54, 1.807) is 28.1 Å². The Morgan fingerprint density at radius 1 is 1.00 bits per heavy atom. The van der Waals surface area contributed by atoms with Crippen LogP contribution in [0.4, 0.5) is 5.82 Å². The standard InChI is InChI=1S/C28H30N4O4/c1-18-10-13-29-24(17-18)30-26(34)20-11-15-31(16-12-20)28(36)23-7-4-14-32(23)27(35)22-9-8-19-5-2-3-6-21(19)25(22)33/h2-3,5-6,8-10,13,17,20,23,33H,4,7,11-12,14-16H2,1H3,(H,29,30,34)/t23-/m0/s1. The van der Waals surface area contributed by atoms with E-state index in [1.165, 1.54) is 0 Å². The summed E-state index contributed by atoms with van der Waals surface area (Å²) in [5.41, 5.74) is 1.24. The molecule has 2 aliphatic rings. The van der Waals surface area contributed by atoms with E-state index in [0.29, 0.717) is 50.1 Å². The van der Waals surface area contributed by atoms with Gasteiger partial charge in [-0.2, -0.15) is 0 Å². The van der Waals surface area contributed by atoms with Crippen LogP contribution in [0.2, 0.25) is 0 Å². The van der Waals surface area contributed by atoms with E-state index in [9.17, 15) is 19.5 Å². The number of fused-ring (bicyclic) bond motifs is 1. The molecule has 2 N–H and O–H groups in total. The van der Waals surface area contributed by atoms with Crippen LogP contribution in [0.1, 0.15) is 41.6 Å². The number of anilines is 1. The van der Waals surface area contributed by atoms with Gasteiger partial charge in [0.1, 0.15) is 17.6 Å². The Morgan fingerprint density at radius 3 is 2.56 bits per heavy atom. The lowest BCUT2D eigenvalue weighted by atomic mass is 9.95. The second kappa shape index (κ2) is 9.97. The van der Waals surface area contributed by atoms with Gasteiger partial charge in [-0.3, -0.25) is 14.4 Å². The minimum Gasteiger partial charge on any atom is -0.506 e. The number of likely N-dealkylation sites (tertiary alicyclic amines) is 2. The van der Waals surface area contributed by atoms with Gasteiger partial charge in [0.05, 0.1) is 5.56 Å². The molecule has 0 unspecified atom stereocenters. The van der Waals surface area contributed by atoms with Crippen molar-refractivity contribution >= 4 is 34.3 Å². The maximum atomic E-state index is 13.4. The third-order valence-corrected chi connectivity index (χ3v) is 7.27. The highest BCUT2D eigenvalue weighted by Crippen LogP contribution is 2.32. The molecule has 2 fully saturated rings. The van der Waals surface area contributed by atoms with E-state index in [1.807, 2.05) is 43.3 Å². The summed E-state index contributed by atoms with van der Waals surface area (Å²) in [4.78, 5) is 47.0. The van der Waals surface area contributed by atoms with Crippen LogP contribution in [0, 0.1) is 12.8 Å². The number of piperidine rings is 1. The number of carbonyl (C=O) groups excluding carboxylic acids is 3. The molecule has 2 aliphatic heterocycles. The molecule has 2 aromatic carbocycles. The summed E-state index contributed by atoms with van der Waals surface area (Å²) in [7, 11) is 0. The first-order chi connectivity index (χ1) is 17.4. The van der Waals surface area contributed by atoms with Gasteiger partial charge in [0.15, 0.2) is 0 Å². The monoisotopic (exact) mass is 486 g/mol. The largest absolute Gasteiger partial charge is 0.506 e. The zero-order chi connectivity index (χ0) is 25.2. The second-order valence-corrected chi connectivity index (χ2v) is 9.65. The average molecular weight is 487 g/mol. The predicted molar refractivity (Wildman–Crippen MR) is 137 cm³/mol. The summed E-state index contributed by atoms with van der Waals surface area (Å²) in [5, 5.41) is 15.1. The van der Waals surface area contributed by atoms with Crippen LogP contribution in [0.3, 0.4) is 0 Å². The Kier molecular flexibility index (Phi) is 6.59. The lowest BCUT2D eigenvalue weighted by molar-refractivity contribution is -0.138. The van der Waals surface area contributed by atoms with Crippen LogP contribution in [0.15, 0.2) is 54.7 Å². The first-order valence-corrected chi connectivity index (χ1v) is 12.5. The molecule has 3 heterocycles. The maximum Gasteiger partial charge on any atom is 0.258 e. The van der Waals surface area contributed by atoms with Crippen molar-refractivity contribution in [2.24, 2.45) is 5.92 Å². The van der Waals surface area contributed by atoms with Crippen LogP contribution in [-0.2, 0) is 9.59 Å². The Morgan fingerprint density at radius 2 is 1.78 bits per heavy atom. The zero-order valence-electron chi connectivity index (χ0n) is 20.3. The second-order valence-electron chi connectivity index (χ2n) is 9.65. The molecule has 3 aromatic rings. The lowest BCUT2D eigenvalue weighted by Gasteiger charge is -2.35. The fraction of sp³-hybridized carbons (Fsp3) is 0.357. The fourth-order valence-electron chi connectivity index (χ4n) is 5.25. The first kappa shape index (κ1) is 23.8. The molecular weight excluding hydrogens is 456 g/mol. The lowest BCUT2D eigenvalue weighted by Crippen LogP contribution is -2.50. The van der Waals surface area contributed by atoms with Gasteiger partial charge in [0.25, 0.3) is 5.91 Å². The molecule has 2 saturated heterocycles. The Hall–Kier alpha value is -3.94. The number of hydrogen-bond donors (Lipinski definition) is 2. The number of phenolic OH excluding ortho intramolecular Hbond substituents is 1. The van der Waals surface area contributed by atoms with Crippen molar-refractivity contribution in [1.82, 2.24) is 14.8 Å². The van der Waals surface area contributed by atoms with Gasteiger partial charge in [0, 0.05) is 37.1 Å². The summed E-state index contributed by atoms with van der Waals surface area (Å²) in [6.45, 7) is 3.36. The number of aryl methyl sites for hydroxylation is 1. The minimum atomic E-state index is -0.551. The number of phenols is 1. The Bertz CT molecular complexity index is 1320. The number of benzene rings is 2. The van der Waals surface area contributed by atoms with Crippen molar-refractivity contribution in [2.45, 2.75) is 38.6 Å². The number of carbonyl (C=O) groups is 3. The molecule has 0 bridgehead atoms. The highest BCUT2D eigenvalue weighted by Gasteiger charge is 2.39. The van der Waals surface area contributed by atoms with Crippen molar-refractivity contribution in [3.8, 4) is 5.75 Å². The maximum absolute atomic E-state index is 13.4. The number of hydrogen-bond acceptors (Lipinski definition) is 5. The summed E-state index contributed by atoms with van der Waals surface area (Å²) < 4.78 is 0. The molecule has 186 valence electrons. The van der Waals surface area contributed by atoms with Crippen LogP contribution in [-0.4, -0.2) is 63.3 Å². The van der Waals surface area contributed by atoms with Gasteiger partial charge in [-0.25, -0.2) is 4.98 Å². The Balaban J connectivity index is 1.23. The normalized spacial score (nSPS) is 18.4. The van der Waals surface area contributed by atoms with Gasteiger partial charge in [0.2, 0.25) is 11.8 Å². The topological polar surface area (TPSA) is 103 Å².